The van der Waals surface area contributed by atoms with Crippen molar-refractivity contribution in [2.24, 2.45) is 0 Å². The largest absolute Gasteiger partial charge is 0.353 e. The Morgan fingerprint density at radius 2 is 1.91 bits per heavy atom. The molecule has 1 saturated carbocycles. The van der Waals surface area contributed by atoms with E-state index in [9.17, 15) is 0 Å². The van der Waals surface area contributed by atoms with Crippen LogP contribution in [-0.2, 0) is 5.54 Å². The predicted octanol–water partition coefficient (Wildman–Crippen LogP) is 4.45. The fraction of sp³-hybridized carbons (Fsp3) is 0.368. The molecule has 2 N–H and O–H groups in total. The number of nitrogens with zero attached hydrogens (tertiary/aromatic N) is 1. The van der Waals surface area contributed by atoms with Crippen LogP contribution in [0.15, 0.2) is 42.6 Å². The summed E-state index contributed by atoms with van der Waals surface area (Å²) in [5, 5.41) is 7.50. The second kappa shape index (κ2) is 6.67. The van der Waals surface area contributed by atoms with E-state index in [1.807, 2.05) is 19.1 Å². The molecule has 23 heavy (non-hydrogen) atoms. The normalized spacial score (nSPS) is 16.1. The fourth-order valence-corrected chi connectivity index (χ4v) is 3.67. The van der Waals surface area contributed by atoms with Gasteiger partial charge in [-0.05, 0) is 56.1 Å². The second-order valence-corrected chi connectivity index (χ2v) is 6.81. The van der Waals surface area contributed by atoms with Gasteiger partial charge in [0.25, 0.3) is 0 Å². The van der Waals surface area contributed by atoms with Crippen molar-refractivity contribution in [2.75, 3.05) is 5.32 Å². The van der Waals surface area contributed by atoms with Crippen LogP contribution in [0.3, 0.4) is 0 Å². The van der Waals surface area contributed by atoms with Gasteiger partial charge in [0.2, 0.25) is 0 Å². The summed E-state index contributed by atoms with van der Waals surface area (Å²) in [4.78, 5) is 4.36. The van der Waals surface area contributed by atoms with Crippen LogP contribution in [-0.4, -0.2) is 10.1 Å². The van der Waals surface area contributed by atoms with Gasteiger partial charge in [-0.25, -0.2) is 4.98 Å². The van der Waals surface area contributed by atoms with Gasteiger partial charge < -0.3 is 10.6 Å². The third kappa shape index (κ3) is 3.53. The molecule has 4 heteroatoms. The van der Waals surface area contributed by atoms with Crippen molar-refractivity contribution in [1.82, 2.24) is 10.3 Å². The average molecular weight is 325 g/mol. The number of aryl methyl sites for hydroxylation is 2. The molecule has 0 amide bonds. The molecular weight excluding hydrogens is 302 g/mol. The average Bonchev–Trinajstić information content (AvgIpc) is 2.99. The summed E-state index contributed by atoms with van der Waals surface area (Å²) in [6.45, 7) is 4.17. The molecular formula is C19H23N3S. The molecule has 0 saturated heterocycles. The zero-order valence-electron chi connectivity index (χ0n) is 13.7. The molecule has 1 aliphatic rings. The number of thiocarbonyl (C=S) groups is 1. The van der Waals surface area contributed by atoms with Crippen molar-refractivity contribution in [3.05, 3.63) is 59.3 Å². The van der Waals surface area contributed by atoms with Crippen molar-refractivity contribution < 1.29 is 0 Å². The first-order valence-corrected chi connectivity index (χ1v) is 8.58. The van der Waals surface area contributed by atoms with Crippen LogP contribution in [0.1, 0.15) is 42.4 Å². The topological polar surface area (TPSA) is 37.0 Å². The molecule has 1 aromatic heterocycles. The van der Waals surface area contributed by atoms with Gasteiger partial charge in [0.1, 0.15) is 5.82 Å². The zero-order chi connectivity index (χ0) is 16.3. The molecule has 0 bridgehead atoms. The Morgan fingerprint density at radius 1 is 1.13 bits per heavy atom. The van der Waals surface area contributed by atoms with Gasteiger partial charge in [-0.15, -0.1) is 0 Å². The van der Waals surface area contributed by atoms with Crippen LogP contribution in [0, 0.1) is 13.8 Å². The Morgan fingerprint density at radius 3 is 2.61 bits per heavy atom. The number of hydrogen-bond acceptors (Lipinski definition) is 2. The number of aromatic nitrogens is 1. The maximum absolute atomic E-state index is 5.57. The summed E-state index contributed by atoms with van der Waals surface area (Å²) in [7, 11) is 0. The molecule has 3 nitrogen and oxygen atoms in total. The molecule has 1 fully saturated rings. The van der Waals surface area contributed by atoms with E-state index in [4.69, 9.17) is 12.2 Å². The highest BCUT2D eigenvalue weighted by Crippen LogP contribution is 2.39. The van der Waals surface area contributed by atoms with Gasteiger partial charge in [0.05, 0.1) is 5.54 Å². The highest BCUT2D eigenvalue weighted by molar-refractivity contribution is 7.80. The van der Waals surface area contributed by atoms with Gasteiger partial charge in [0.15, 0.2) is 5.11 Å². The Balaban J connectivity index is 1.80. The molecule has 0 spiro atoms. The SMILES string of the molecule is Cc1cccc(C2(NC(=S)Nc3ncccc3C)CCCC2)c1. The van der Waals surface area contributed by atoms with E-state index in [1.54, 1.807) is 6.20 Å². The lowest BCUT2D eigenvalue weighted by atomic mass is 9.87. The number of benzene rings is 1. The standard InChI is InChI=1S/C19H23N3S/c1-14-7-5-9-16(13-14)19(10-3-4-11-19)22-18(23)21-17-15(2)8-6-12-20-17/h5-9,12-13H,3-4,10-11H2,1-2H3,(H2,20,21,22,23). The van der Waals surface area contributed by atoms with Crippen LogP contribution in [0.4, 0.5) is 5.82 Å². The monoisotopic (exact) mass is 325 g/mol. The van der Waals surface area contributed by atoms with Crippen LogP contribution in [0.5, 0.6) is 0 Å². The first kappa shape index (κ1) is 15.9. The number of rotatable bonds is 3. The van der Waals surface area contributed by atoms with E-state index < -0.39 is 0 Å². The molecule has 2 aromatic rings. The molecule has 0 unspecified atom stereocenters. The Labute approximate surface area is 143 Å². The molecule has 0 radical (unpaired) electrons. The van der Waals surface area contributed by atoms with Crippen LogP contribution < -0.4 is 10.6 Å². The van der Waals surface area contributed by atoms with Crippen molar-refractivity contribution in [1.29, 1.82) is 0 Å². The van der Waals surface area contributed by atoms with Gasteiger partial charge in [-0.3, -0.25) is 0 Å². The van der Waals surface area contributed by atoms with Gasteiger partial charge in [-0.1, -0.05) is 48.7 Å². The van der Waals surface area contributed by atoms with Crippen LogP contribution in [0.25, 0.3) is 0 Å². The maximum Gasteiger partial charge on any atom is 0.172 e. The Hall–Kier alpha value is -1.94. The Kier molecular flexibility index (Phi) is 4.62. The zero-order valence-corrected chi connectivity index (χ0v) is 14.5. The molecule has 1 heterocycles. The van der Waals surface area contributed by atoms with Gasteiger partial charge in [0, 0.05) is 6.20 Å². The van der Waals surface area contributed by atoms with Crippen LogP contribution in [0.2, 0.25) is 0 Å². The minimum Gasteiger partial charge on any atom is -0.353 e. The van der Waals surface area contributed by atoms with E-state index in [-0.39, 0.29) is 5.54 Å². The van der Waals surface area contributed by atoms with Gasteiger partial charge in [-0.2, -0.15) is 0 Å². The van der Waals surface area contributed by atoms with Crippen LogP contribution >= 0.6 is 12.2 Å². The second-order valence-electron chi connectivity index (χ2n) is 6.41. The highest BCUT2D eigenvalue weighted by atomic mass is 32.1. The molecule has 3 rings (SSSR count). The third-order valence-corrected chi connectivity index (χ3v) is 4.83. The summed E-state index contributed by atoms with van der Waals surface area (Å²) in [6.07, 6.45) is 6.46. The number of pyridine rings is 1. The lowest BCUT2D eigenvalue weighted by molar-refractivity contribution is 0.408. The maximum atomic E-state index is 5.57. The van der Waals surface area contributed by atoms with Crippen molar-refractivity contribution in [3.63, 3.8) is 0 Å². The third-order valence-electron chi connectivity index (χ3n) is 4.62. The van der Waals surface area contributed by atoms with E-state index in [0.29, 0.717) is 5.11 Å². The highest BCUT2D eigenvalue weighted by Gasteiger charge is 2.36. The van der Waals surface area contributed by atoms with E-state index in [0.717, 1.165) is 24.2 Å². The smallest absolute Gasteiger partial charge is 0.172 e. The molecule has 120 valence electrons. The summed E-state index contributed by atoms with van der Waals surface area (Å²) >= 11 is 5.57. The summed E-state index contributed by atoms with van der Waals surface area (Å²) in [5.41, 5.74) is 3.65. The summed E-state index contributed by atoms with van der Waals surface area (Å²) < 4.78 is 0. The number of hydrogen-bond donors (Lipinski definition) is 2. The Bertz CT molecular complexity index is 705. The molecule has 0 aliphatic heterocycles. The molecule has 1 aromatic carbocycles. The first-order chi connectivity index (χ1) is 11.1. The molecule has 1 aliphatic carbocycles. The summed E-state index contributed by atoms with van der Waals surface area (Å²) in [5.74, 6) is 0.822. The fourth-order valence-electron chi connectivity index (χ4n) is 3.38. The van der Waals surface area contributed by atoms with Gasteiger partial charge >= 0.3 is 0 Å². The summed E-state index contributed by atoms with van der Waals surface area (Å²) in [6, 6.07) is 12.7. The minimum absolute atomic E-state index is 0.0568. The minimum atomic E-state index is -0.0568. The van der Waals surface area contributed by atoms with Crippen molar-refractivity contribution in [2.45, 2.75) is 45.1 Å². The predicted molar refractivity (Wildman–Crippen MR) is 99.7 cm³/mol. The number of anilines is 1. The lowest BCUT2D eigenvalue weighted by Crippen LogP contribution is -2.45. The van der Waals surface area contributed by atoms with Crippen molar-refractivity contribution >= 4 is 23.1 Å². The quantitative estimate of drug-likeness (QED) is 0.817. The van der Waals surface area contributed by atoms with E-state index in [1.165, 1.54) is 24.0 Å². The van der Waals surface area contributed by atoms with Crippen molar-refractivity contribution in [3.8, 4) is 0 Å². The first-order valence-electron chi connectivity index (χ1n) is 8.17. The van der Waals surface area contributed by atoms with E-state index >= 15 is 0 Å². The lowest BCUT2D eigenvalue weighted by Gasteiger charge is -2.32. The van der Waals surface area contributed by atoms with E-state index in [2.05, 4.69) is 46.8 Å². The molecule has 0 atom stereocenters. The number of nitrogens with one attached hydrogen (secondary N) is 2.